The minimum atomic E-state index is -1.02. The highest BCUT2D eigenvalue weighted by molar-refractivity contribution is 5.80. The number of fused-ring (bicyclic) bond motifs is 5. The zero-order valence-corrected chi connectivity index (χ0v) is 25.6. The Hall–Kier alpha value is -2.05. The average Bonchev–Trinajstić information content (AvgIpc) is 3.24. The normalized spacial score (nSPS) is 35.5. The Kier molecular flexibility index (Phi) is 9.93. The molecule has 0 aromatic carbocycles. The summed E-state index contributed by atoms with van der Waals surface area (Å²) >= 11 is 0. The van der Waals surface area contributed by atoms with Gasteiger partial charge in [-0.25, -0.2) is 4.79 Å². The molecule has 4 aliphatic rings. The molecule has 0 bridgehead atoms. The third kappa shape index (κ3) is 6.70. The molecule has 3 fully saturated rings. The topological polar surface area (TPSA) is 105 Å². The van der Waals surface area contributed by atoms with Gasteiger partial charge in [0.15, 0.2) is 0 Å². The van der Waals surface area contributed by atoms with E-state index >= 15 is 0 Å². The van der Waals surface area contributed by atoms with Crippen LogP contribution < -0.4 is 10.6 Å². The van der Waals surface area contributed by atoms with Crippen LogP contribution in [-0.4, -0.2) is 35.8 Å². The van der Waals surface area contributed by atoms with Crippen molar-refractivity contribution in [2.24, 2.45) is 46.3 Å². The van der Waals surface area contributed by atoms with Crippen LogP contribution in [0.3, 0.4) is 0 Å². The maximum Gasteiger partial charge on any atom is 0.408 e. The van der Waals surface area contributed by atoms with Crippen molar-refractivity contribution in [2.75, 3.05) is 6.67 Å². The van der Waals surface area contributed by atoms with Gasteiger partial charge in [-0.3, -0.25) is 9.59 Å². The molecule has 2 amide bonds. The Balaban J connectivity index is 1.30. The smallest absolute Gasteiger partial charge is 0.408 e. The molecule has 0 spiro atoms. The van der Waals surface area contributed by atoms with Gasteiger partial charge in [-0.15, -0.1) is 0 Å². The second-order valence-electron chi connectivity index (χ2n) is 14.4. The van der Waals surface area contributed by atoms with Crippen LogP contribution in [-0.2, 0) is 14.3 Å². The molecule has 4 aliphatic carbocycles. The molecule has 40 heavy (non-hydrogen) atoms. The molecule has 0 saturated heterocycles. The molecule has 8 atom stereocenters. The first kappa shape index (κ1) is 30.9. The summed E-state index contributed by atoms with van der Waals surface area (Å²) in [5.41, 5.74) is 2.18. The van der Waals surface area contributed by atoms with Crippen LogP contribution in [0.15, 0.2) is 11.6 Å². The summed E-state index contributed by atoms with van der Waals surface area (Å²) in [5.74, 6) is 3.42. The van der Waals surface area contributed by atoms with Gasteiger partial charge in [-0.05, 0) is 91.3 Å². The van der Waals surface area contributed by atoms with Crippen molar-refractivity contribution in [2.45, 2.75) is 124 Å². The minimum Gasteiger partial charge on any atom is -0.481 e. The lowest BCUT2D eigenvalue weighted by atomic mass is 9.47. The average molecular weight is 559 g/mol. The Labute approximate surface area is 241 Å². The number of aliphatic carboxylic acids is 1. The van der Waals surface area contributed by atoms with Gasteiger partial charge in [-0.1, -0.05) is 65.5 Å². The van der Waals surface area contributed by atoms with Gasteiger partial charge in [0.05, 0.1) is 13.1 Å². The number of carboxylic acid groups (broad SMARTS) is 1. The largest absolute Gasteiger partial charge is 0.481 e. The number of carboxylic acids is 1. The van der Waals surface area contributed by atoms with Gasteiger partial charge in [0.1, 0.15) is 6.10 Å². The number of nitrogens with one attached hydrogen (secondary N) is 2. The van der Waals surface area contributed by atoms with E-state index in [1.807, 2.05) is 0 Å². The lowest BCUT2D eigenvalue weighted by molar-refractivity contribution is -0.138. The number of carbonyl (C=O) groups is 3. The van der Waals surface area contributed by atoms with Crippen molar-refractivity contribution in [1.82, 2.24) is 10.6 Å². The van der Waals surface area contributed by atoms with Crippen LogP contribution >= 0.6 is 0 Å². The zero-order chi connectivity index (χ0) is 29.1. The first-order chi connectivity index (χ1) is 18.9. The van der Waals surface area contributed by atoms with E-state index in [1.165, 1.54) is 56.9 Å². The second kappa shape index (κ2) is 12.9. The molecule has 0 aromatic rings. The predicted octanol–water partition coefficient (Wildman–Crippen LogP) is 7.06. The summed E-state index contributed by atoms with van der Waals surface area (Å²) in [6.07, 6.45) is 15.0. The molecule has 3 unspecified atom stereocenters. The maximum absolute atomic E-state index is 12.4. The molecule has 0 aromatic heterocycles. The van der Waals surface area contributed by atoms with E-state index in [0.717, 1.165) is 54.8 Å². The molecule has 0 aliphatic heterocycles. The fourth-order valence-electron chi connectivity index (χ4n) is 9.47. The van der Waals surface area contributed by atoms with Crippen LogP contribution in [0.25, 0.3) is 0 Å². The van der Waals surface area contributed by atoms with Gasteiger partial charge in [-0.2, -0.15) is 0 Å². The zero-order valence-electron chi connectivity index (χ0n) is 25.6. The van der Waals surface area contributed by atoms with Crippen molar-refractivity contribution in [3.05, 3.63) is 11.6 Å². The number of hydrogen-bond acceptors (Lipinski definition) is 4. The lowest BCUT2D eigenvalue weighted by Crippen LogP contribution is -2.51. The van der Waals surface area contributed by atoms with Crippen LogP contribution in [0, 0.1) is 46.3 Å². The summed E-state index contributed by atoms with van der Waals surface area (Å²) < 4.78 is 5.74. The number of hydrogen-bond donors (Lipinski definition) is 3. The standard InChI is InChI=1S/C33H54N2O5/c1-21(2)7-6-8-22(3)26-11-12-27-25-10-9-23-19-24(15-17-32(23,4)28(25)16-18-33(26,27)5)40-31(39)35-20-34-29(36)13-14-30(37)38/h9,21-22,24-28H,6-8,10-20H2,1-5H3,(H,34,36)(H,35,39)(H,37,38)/t22-,24+,25?,26-,27?,28?,32+,33-/m1/s1. The number of carbonyl (C=O) groups excluding carboxylic acids is 2. The highest BCUT2D eigenvalue weighted by Crippen LogP contribution is 2.67. The number of ether oxygens (including phenoxy) is 1. The van der Waals surface area contributed by atoms with E-state index in [2.05, 4.69) is 51.3 Å². The van der Waals surface area contributed by atoms with Crippen LogP contribution in [0.4, 0.5) is 4.79 Å². The molecule has 0 heterocycles. The Morgan fingerprint density at radius 1 is 1.00 bits per heavy atom. The Morgan fingerprint density at radius 3 is 2.50 bits per heavy atom. The molecule has 7 heteroatoms. The summed E-state index contributed by atoms with van der Waals surface area (Å²) in [4.78, 5) is 34.6. The van der Waals surface area contributed by atoms with Crippen molar-refractivity contribution in [3.63, 3.8) is 0 Å². The van der Waals surface area contributed by atoms with E-state index in [0.29, 0.717) is 5.41 Å². The van der Waals surface area contributed by atoms with E-state index in [-0.39, 0.29) is 31.0 Å². The van der Waals surface area contributed by atoms with Crippen LogP contribution in [0.2, 0.25) is 0 Å². The summed E-state index contributed by atoms with van der Waals surface area (Å²) in [7, 11) is 0. The number of alkyl carbamates (subject to hydrolysis) is 1. The third-order valence-corrected chi connectivity index (χ3v) is 11.6. The Morgan fingerprint density at radius 2 is 1.77 bits per heavy atom. The highest BCUT2D eigenvalue weighted by atomic mass is 16.6. The monoisotopic (exact) mass is 558 g/mol. The molecule has 7 nitrogen and oxygen atoms in total. The molecular weight excluding hydrogens is 504 g/mol. The van der Waals surface area contributed by atoms with Gasteiger partial charge in [0.2, 0.25) is 5.91 Å². The van der Waals surface area contributed by atoms with Gasteiger partial charge in [0, 0.05) is 12.8 Å². The van der Waals surface area contributed by atoms with Crippen LogP contribution in [0.5, 0.6) is 0 Å². The van der Waals surface area contributed by atoms with E-state index < -0.39 is 18.0 Å². The van der Waals surface area contributed by atoms with Crippen molar-refractivity contribution >= 4 is 18.0 Å². The summed E-state index contributed by atoms with van der Waals surface area (Å²) in [5, 5.41) is 13.8. The molecule has 226 valence electrons. The van der Waals surface area contributed by atoms with E-state index in [1.54, 1.807) is 0 Å². The van der Waals surface area contributed by atoms with Crippen LogP contribution in [0.1, 0.15) is 118 Å². The van der Waals surface area contributed by atoms with Gasteiger partial charge >= 0.3 is 12.1 Å². The highest BCUT2D eigenvalue weighted by Gasteiger charge is 2.59. The Bertz CT molecular complexity index is 962. The van der Waals surface area contributed by atoms with Crippen molar-refractivity contribution < 1.29 is 24.2 Å². The van der Waals surface area contributed by atoms with E-state index in [4.69, 9.17) is 9.84 Å². The molecule has 3 N–H and O–H groups in total. The van der Waals surface area contributed by atoms with Gasteiger partial charge in [0.25, 0.3) is 0 Å². The quantitative estimate of drug-likeness (QED) is 0.186. The number of amides is 2. The molecule has 3 saturated carbocycles. The SMILES string of the molecule is CC(C)CCC[C@@H](C)[C@H]1CCC2C3CC=C4C[C@@H](OC(=O)NCNC(=O)CCC(=O)O)CC[C@]4(C)C3CC[C@@]21C. The van der Waals surface area contributed by atoms with Gasteiger partial charge < -0.3 is 20.5 Å². The van der Waals surface area contributed by atoms with Crippen molar-refractivity contribution in [3.8, 4) is 0 Å². The molecule has 4 rings (SSSR count). The summed E-state index contributed by atoms with van der Waals surface area (Å²) in [6, 6.07) is 0. The minimum absolute atomic E-state index is 0.0638. The molecular formula is C33H54N2O5. The number of allylic oxidation sites excluding steroid dienone is 1. The van der Waals surface area contributed by atoms with E-state index in [9.17, 15) is 14.4 Å². The fourth-order valence-corrected chi connectivity index (χ4v) is 9.47. The third-order valence-electron chi connectivity index (χ3n) is 11.6. The summed E-state index contributed by atoms with van der Waals surface area (Å²) in [6.45, 7) is 12.3. The first-order valence-corrected chi connectivity index (χ1v) is 16.1. The van der Waals surface area contributed by atoms with Crippen molar-refractivity contribution in [1.29, 1.82) is 0 Å². The first-order valence-electron chi connectivity index (χ1n) is 16.1. The lowest BCUT2D eigenvalue weighted by Gasteiger charge is -2.58. The fraction of sp³-hybridized carbons (Fsp3) is 0.848. The maximum atomic E-state index is 12.4. The second-order valence-corrected chi connectivity index (χ2v) is 14.4. The predicted molar refractivity (Wildman–Crippen MR) is 156 cm³/mol. The number of rotatable bonds is 11. The molecule has 0 radical (unpaired) electrons.